The molecule has 4 heterocycles. The van der Waals surface area contributed by atoms with E-state index < -0.39 is 0 Å². The zero-order chi connectivity index (χ0) is 21.9. The highest BCUT2D eigenvalue weighted by atomic mass is 35.5. The summed E-state index contributed by atoms with van der Waals surface area (Å²) in [5.41, 5.74) is 2.32. The highest BCUT2D eigenvalue weighted by Crippen LogP contribution is 2.30. The molecule has 1 fully saturated rings. The minimum Gasteiger partial charge on any atom is -0.335 e. The Morgan fingerprint density at radius 2 is 1.97 bits per heavy atom. The number of rotatable bonds is 5. The molecule has 1 aromatic carbocycles. The molecule has 6 nitrogen and oxygen atoms in total. The molecule has 0 N–H and O–H groups in total. The number of hydrogen-bond acceptors (Lipinski definition) is 7. The van der Waals surface area contributed by atoms with Crippen LogP contribution in [0.2, 0.25) is 5.02 Å². The van der Waals surface area contributed by atoms with E-state index in [1.54, 1.807) is 29.9 Å². The van der Waals surface area contributed by atoms with Gasteiger partial charge in [-0.25, -0.2) is 4.98 Å². The Bertz CT molecular complexity index is 1220. The van der Waals surface area contributed by atoms with Crippen LogP contribution >= 0.6 is 34.3 Å². The van der Waals surface area contributed by atoms with Gasteiger partial charge < -0.3 is 4.90 Å². The molecule has 0 atom stereocenters. The van der Waals surface area contributed by atoms with Crippen molar-refractivity contribution in [1.82, 2.24) is 24.8 Å². The molecule has 0 saturated carbocycles. The summed E-state index contributed by atoms with van der Waals surface area (Å²) in [7, 11) is 0. The van der Waals surface area contributed by atoms with Gasteiger partial charge in [-0.2, -0.15) is 0 Å². The van der Waals surface area contributed by atoms with E-state index in [1.165, 1.54) is 21.1 Å². The highest BCUT2D eigenvalue weighted by Gasteiger charge is 2.24. The highest BCUT2D eigenvalue weighted by molar-refractivity contribution is 7.15. The predicted molar refractivity (Wildman–Crippen MR) is 129 cm³/mol. The smallest absolute Gasteiger partial charge is 0.273 e. The molecule has 1 amide bonds. The van der Waals surface area contributed by atoms with Crippen molar-refractivity contribution in [1.29, 1.82) is 0 Å². The first-order chi connectivity index (χ1) is 15.7. The zero-order valence-electron chi connectivity index (χ0n) is 17.1. The molecule has 0 bridgehead atoms. The second-order valence-corrected chi connectivity index (χ2v) is 9.94. The third-order valence-electron chi connectivity index (χ3n) is 5.32. The van der Waals surface area contributed by atoms with E-state index in [2.05, 4.69) is 38.1 Å². The number of halogens is 1. The zero-order valence-corrected chi connectivity index (χ0v) is 19.5. The first kappa shape index (κ1) is 21.2. The fraction of sp³-hybridized carbons (Fsp3) is 0.217. The molecule has 1 saturated heterocycles. The van der Waals surface area contributed by atoms with Gasteiger partial charge in [0.15, 0.2) is 0 Å². The Morgan fingerprint density at radius 3 is 2.75 bits per heavy atom. The number of benzene rings is 1. The molecule has 0 spiro atoms. The Labute approximate surface area is 199 Å². The number of amides is 1. The normalized spacial score (nSPS) is 14.6. The summed E-state index contributed by atoms with van der Waals surface area (Å²) in [6.07, 6.45) is 4.91. The second-order valence-electron chi connectivity index (χ2n) is 7.47. The summed E-state index contributed by atoms with van der Waals surface area (Å²) in [5.74, 6) is -0.0181. The van der Waals surface area contributed by atoms with Gasteiger partial charge in [0.05, 0.1) is 6.20 Å². The van der Waals surface area contributed by atoms with Gasteiger partial charge in [-0.3, -0.25) is 19.7 Å². The maximum Gasteiger partial charge on any atom is 0.273 e. The largest absolute Gasteiger partial charge is 0.335 e. The van der Waals surface area contributed by atoms with Gasteiger partial charge >= 0.3 is 0 Å². The number of carbonyl (C=O) groups excluding carboxylic acids is 1. The van der Waals surface area contributed by atoms with Gasteiger partial charge in [0.2, 0.25) is 0 Å². The average molecular weight is 482 g/mol. The summed E-state index contributed by atoms with van der Waals surface area (Å²) < 4.78 is 0. The molecule has 0 radical (unpaired) electrons. The fourth-order valence-electron chi connectivity index (χ4n) is 3.65. The van der Waals surface area contributed by atoms with Gasteiger partial charge in [0, 0.05) is 65.3 Å². The number of aromatic nitrogens is 3. The fourth-order valence-corrected chi connectivity index (χ4v) is 5.64. The van der Waals surface area contributed by atoms with Crippen molar-refractivity contribution in [2.75, 3.05) is 26.2 Å². The van der Waals surface area contributed by atoms with Crippen LogP contribution in [0.3, 0.4) is 0 Å². The summed E-state index contributed by atoms with van der Waals surface area (Å²) in [6, 6.07) is 12.3. The predicted octanol–water partition coefficient (Wildman–Crippen LogP) is 4.94. The van der Waals surface area contributed by atoms with Gasteiger partial charge in [-0.05, 0) is 29.8 Å². The number of nitrogens with zero attached hydrogens (tertiary/aromatic N) is 5. The first-order valence-electron chi connectivity index (χ1n) is 10.2. The summed E-state index contributed by atoms with van der Waals surface area (Å²) >= 11 is 9.34. The Morgan fingerprint density at radius 1 is 1.09 bits per heavy atom. The Hall–Kier alpha value is -2.65. The van der Waals surface area contributed by atoms with Crippen molar-refractivity contribution >= 4 is 40.2 Å². The monoisotopic (exact) mass is 481 g/mol. The lowest BCUT2D eigenvalue weighted by atomic mass is 10.2. The molecule has 1 aliphatic heterocycles. The Balaban J connectivity index is 1.17. The van der Waals surface area contributed by atoms with Crippen LogP contribution in [0.5, 0.6) is 0 Å². The van der Waals surface area contributed by atoms with E-state index in [9.17, 15) is 4.79 Å². The molecule has 3 aromatic heterocycles. The maximum absolute atomic E-state index is 12.9. The molecule has 162 valence electrons. The minimum atomic E-state index is -0.0181. The van der Waals surface area contributed by atoms with E-state index in [1.807, 2.05) is 28.5 Å². The van der Waals surface area contributed by atoms with Crippen molar-refractivity contribution < 1.29 is 4.79 Å². The number of thiazole rings is 1. The van der Waals surface area contributed by atoms with Gasteiger partial charge in [0.25, 0.3) is 5.91 Å². The summed E-state index contributed by atoms with van der Waals surface area (Å²) in [6.45, 7) is 3.97. The van der Waals surface area contributed by atoms with Gasteiger partial charge in [0.1, 0.15) is 16.4 Å². The molecular formula is C23H20ClN5OS2. The van der Waals surface area contributed by atoms with E-state index in [4.69, 9.17) is 11.6 Å². The van der Waals surface area contributed by atoms with Crippen LogP contribution in [0.4, 0.5) is 0 Å². The van der Waals surface area contributed by atoms with Gasteiger partial charge in [-0.15, -0.1) is 22.7 Å². The van der Waals surface area contributed by atoms with Crippen LogP contribution in [0.15, 0.2) is 60.4 Å². The maximum atomic E-state index is 12.9. The Kier molecular flexibility index (Phi) is 6.27. The number of carbonyl (C=O) groups is 1. The molecule has 32 heavy (non-hydrogen) atoms. The molecule has 4 aromatic rings. The molecular weight excluding hydrogens is 462 g/mol. The van der Waals surface area contributed by atoms with Crippen LogP contribution in [-0.4, -0.2) is 56.8 Å². The van der Waals surface area contributed by atoms with Gasteiger partial charge in [-0.1, -0.05) is 23.7 Å². The lowest BCUT2D eigenvalue weighted by molar-refractivity contribution is 0.0625. The molecule has 9 heteroatoms. The average Bonchev–Trinajstić information content (AvgIpc) is 3.50. The van der Waals surface area contributed by atoms with Crippen LogP contribution < -0.4 is 0 Å². The van der Waals surface area contributed by atoms with Crippen molar-refractivity contribution in [3.8, 4) is 21.1 Å². The minimum absolute atomic E-state index is 0.0181. The quantitative estimate of drug-likeness (QED) is 0.404. The number of hydrogen-bond donors (Lipinski definition) is 0. The third kappa shape index (κ3) is 4.73. The molecule has 0 aliphatic carbocycles. The van der Waals surface area contributed by atoms with Crippen LogP contribution in [0, 0.1) is 0 Å². The summed E-state index contributed by atoms with van der Waals surface area (Å²) in [4.78, 5) is 32.5. The van der Waals surface area contributed by atoms with E-state index in [-0.39, 0.29) is 5.91 Å². The van der Waals surface area contributed by atoms with Crippen LogP contribution in [0.1, 0.15) is 15.4 Å². The second kappa shape index (κ2) is 9.46. The standard InChI is InChI=1S/C23H20ClN5OS2/c24-17-3-1-2-16(12-17)21-5-4-18(32-21)14-28-8-10-29(11-9-28)23(30)20-15-31-22(27-20)19-13-25-6-7-26-19/h1-7,12-13,15H,8-11,14H2. The van der Waals surface area contributed by atoms with E-state index in [0.717, 1.165) is 30.2 Å². The van der Waals surface area contributed by atoms with Crippen LogP contribution in [0.25, 0.3) is 21.1 Å². The third-order valence-corrected chi connectivity index (χ3v) is 7.53. The van der Waals surface area contributed by atoms with Crippen molar-refractivity contribution in [3.63, 3.8) is 0 Å². The van der Waals surface area contributed by atoms with E-state index >= 15 is 0 Å². The van der Waals surface area contributed by atoms with Crippen molar-refractivity contribution in [2.45, 2.75) is 6.54 Å². The number of thiophene rings is 1. The lowest BCUT2D eigenvalue weighted by Gasteiger charge is -2.34. The molecule has 0 unspecified atom stereocenters. The van der Waals surface area contributed by atoms with Crippen molar-refractivity contribution in [3.05, 3.63) is 76.0 Å². The lowest BCUT2D eigenvalue weighted by Crippen LogP contribution is -2.48. The summed E-state index contributed by atoms with van der Waals surface area (Å²) in [5, 5.41) is 3.28. The van der Waals surface area contributed by atoms with Crippen molar-refractivity contribution in [2.24, 2.45) is 0 Å². The van der Waals surface area contributed by atoms with Crippen LogP contribution in [-0.2, 0) is 6.54 Å². The molecule has 5 rings (SSSR count). The first-order valence-corrected chi connectivity index (χ1v) is 12.3. The SMILES string of the molecule is O=C(c1csc(-c2cnccn2)n1)N1CCN(Cc2ccc(-c3cccc(Cl)c3)s2)CC1. The molecule has 1 aliphatic rings. The number of piperazine rings is 1. The van der Waals surface area contributed by atoms with E-state index in [0.29, 0.717) is 29.5 Å². The topological polar surface area (TPSA) is 62.2 Å².